The van der Waals surface area contributed by atoms with Gasteiger partial charge in [-0.3, -0.25) is 5.32 Å². The number of nitrogens with one attached hydrogen (secondary N) is 1. The van der Waals surface area contributed by atoms with E-state index in [4.69, 9.17) is 0 Å². The summed E-state index contributed by atoms with van der Waals surface area (Å²) in [6, 6.07) is 11.4. The zero-order valence-electron chi connectivity index (χ0n) is 10.7. The van der Waals surface area contributed by atoms with Gasteiger partial charge < -0.3 is 0 Å². The number of benzene rings is 1. The number of nitriles is 1. The molecular formula is C15H20N2. The van der Waals surface area contributed by atoms with Crippen LogP contribution in [-0.2, 0) is 12.8 Å². The fourth-order valence-electron chi connectivity index (χ4n) is 2.56. The van der Waals surface area contributed by atoms with E-state index in [2.05, 4.69) is 49.5 Å². The van der Waals surface area contributed by atoms with Crippen molar-refractivity contribution in [3.8, 4) is 6.07 Å². The SMILES string of the molecule is CCC(C)NC1(C#N)CCc2ccccc2C1. The van der Waals surface area contributed by atoms with Gasteiger partial charge in [-0.1, -0.05) is 31.2 Å². The molecule has 1 aliphatic rings. The molecule has 17 heavy (non-hydrogen) atoms. The van der Waals surface area contributed by atoms with Gasteiger partial charge in [-0.05, 0) is 37.3 Å². The largest absolute Gasteiger partial charge is 0.297 e. The molecule has 0 spiro atoms. The van der Waals surface area contributed by atoms with E-state index in [-0.39, 0.29) is 5.54 Å². The second-order valence-electron chi connectivity index (χ2n) is 5.09. The van der Waals surface area contributed by atoms with Crippen molar-refractivity contribution >= 4 is 0 Å². The third-order valence-corrected chi connectivity index (χ3v) is 3.78. The van der Waals surface area contributed by atoms with Gasteiger partial charge in [0, 0.05) is 12.5 Å². The van der Waals surface area contributed by atoms with Crippen LogP contribution in [0.25, 0.3) is 0 Å². The van der Waals surface area contributed by atoms with Gasteiger partial charge in [-0.25, -0.2) is 0 Å². The summed E-state index contributed by atoms with van der Waals surface area (Å²) < 4.78 is 0. The first-order chi connectivity index (χ1) is 8.19. The summed E-state index contributed by atoms with van der Waals surface area (Å²) in [6.45, 7) is 4.30. The molecule has 0 saturated heterocycles. The minimum atomic E-state index is -0.357. The fourth-order valence-corrected chi connectivity index (χ4v) is 2.56. The van der Waals surface area contributed by atoms with Crippen molar-refractivity contribution in [3.63, 3.8) is 0 Å². The third kappa shape index (κ3) is 2.50. The van der Waals surface area contributed by atoms with E-state index in [1.165, 1.54) is 11.1 Å². The molecule has 2 atom stereocenters. The standard InChI is InChI=1S/C15H20N2/c1-3-12(2)17-15(11-16)9-8-13-6-4-5-7-14(13)10-15/h4-7,12,17H,3,8-10H2,1-2H3. The number of aryl methyl sites for hydroxylation is 1. The highest BCUT2D eigenvalue weighted by Gasteiger charge is 2.34. The zero-order chi connectivity index (χ0) is 12.3. The van der Waals surface area contributed by atoms with E-state index in [1.807, 2.05) is 0 Å². The minimum Gasteiger partial charge on any atom is -0.297 e. The molecule has 1 aromatic carbocycles. The maximum absolute atomic E-state index is 9.50. The Morgan fingerprint density at radius 2 is 2.12 bits per heavy atom. The molecule has 2 nitrogen and oxygen atoms in total. The maximum Gasteiger partial charge on any atom is 0.111 e. The summed E-state index contributed by atoms with van der Waals surface area (Å²) in [4.78, 5) is 0. The summed E-state index contributed by atoms with van der Waals surface area (Å²) >= 11 is 0. The number of hydrogen-bond acceptors (Lipinski definition) is 2. The van der Waals surface area contributed by atoms with Crippen LogP contribution in [-0.4, -0.2) is 11.6 Å². The van der Waals surface area contributed by atoms with Gasteiger partial charge in [0.15, 0.2) is 0 Å². The monoisotopic (exact) mass is 228 g/mol. The molecule has 1 aliphatic carbocycles. The van der Waals surface area contributed by atoms with Crippen molar-refractivity contribution < 1.29 is 0 Å². The summed E-state index contributed by atoms with van der Waals surface area (Å²) in [5, 5.41) is 13.0. The van der Waals surface area contributed by atoms with Crippen LogP contribution in [0.1, 0.15) is 37.8 Å². The van der Waals surface area contributed by atoms with E-state index >= 15 is 0 Å². The van der Waals surface area contributed by atoms with E-state index < -0.39 is 0 Å². The van der Waals surface area contributed by atoms with Gasteiger partial charge in [0.2, 0.25) is 0 Å². The van der Waals surface area contributed by atoms with Crippen LogP contribution in [0.2, 0.25) is 0 Å². The van der Waals surface area contributed by atoms with Gasteiger partial charge in [0.05, 0.1) is 6.07 Å². The van der Waals surface area contributed by atoms with E-state index in [1.54, 1.807) is 0 Å². The van der Waals surface area contributed by atoms with Crippen molar-refractivity contribution in [2.24, 2.45) is 0 Å². The van der Waals surface area contributed by atoms with Crippen molar-refractivity contribution in [1.82, 2.24) is 5.32 Å². The average molecular weight is 228 g/mol. The first kappa shape index (κ1) is 12.1. The lowest BCUT2D eigenvalue weighted by Gasteiger charge is -2.35. The molecule has 90 valence electrons. The van der Waals surface area contributed by atoms with Crippen LogP contribution in [0.4, 0.5) is 0 Å². The second kappa shape index (κ2) is 4.89. The highest BCUT2D eigenvalue weighted by molar-refractivity contribution is 5.35. The lowest BCUT2D eigenvalue weighted by Crippen LogP contribution is -2.51. The molecule has 0 saturated carbocycles. The Kier molecular flexibility index (Phi) is 3.49. The average Bonchev–Trinajstić information content (AvgIpc) is 2.38. The molecule has 0 fully saturated rings. The Morgan fingerprint density at radius 3 is 2.76 bits per heavy atom. The molecule has 1 N–H and O–H groups in total. The smallest absolute Gasteiger partial charge is 0.111 e. The summed E-state index contributed by atoms with van der Waals surface area (Å²) in [7, 11) is 0. The van der Waals surface area contributed by atoms with Crippen molar-refractivity contribution in [2.45, 2.75) is 51.1 Å². The Balaban J connectivity index is 2.21. The Morgan fingerprint density at radius 1 is 1.41 bits per heavy atom. The second-order valence-corrected chi connectivity index (χ2v) is 5.09. The number of hydrogen-bond donors (Lipinski definition) is 1. The predicted octanol–water partition coefficient (Wildman–Crippen LogP) is 2.83. The van der Waals surface area contributed by atoms with Crippen LogP contribution in [0.5, 0.6) is 0 Å². The summed E-state index contributed by atoms with van der Waals surface area (Å²) in [5.41, 5.74) is 2.38. The van der Waals surface area contributed by atoms with Crippen molar-refractivity contribution in [1.29, 1.82) is 5.26 Å². The Hall–Kier alpha value is -1.33. The summed E-state index contributed by atoms with van der Waals surface area (Å²) in [6.07, 6.45) is 3.83. The van der Waals surface area contributed by atoms with Crippen LogP contribution < -0.4 is 5.32 Å². The molecule has 1 aromatic rings. The molecule has 0 aromatic heterocycles. The molecular weight excluding hydrogens is 208 g/mol. The molecule has 0 radical (unpaired) electrons. The predicted molar refractivity (Wildman–Crippen MR) is 69.7 cm³/mol. The van der Waals surface area contributed by atoms with Crippen LogP contribution >= 0.6 is 0 Å². The lowest BCUT2D eigenvalue weighted by atomic mass is 9.78. The zero-order valence-corrected chi connectivity index (χ0v) is 10.7. The van der Waals surface area contributed by atoms with Crippen LogP contribution in [0, 0.1) is 11.3 Å². The number of rotatable bonds is 3. The van der Waals surface area contributed by atoms with Gasteiger partial charge >= 0.3 is 0 Å². The highest BCUT2D eigenvalue weighted by atomic mass is 15.0. The molecule has 0 bridgehead atoms. The number of nitrogens with zero attached hydrogens (tertiary/aromatic N) is 1. The topological polar surface area (TPSA) is 35.8 Å². The van der Waals surface area contributed by atoms with Gasteiger partial charge in [-0.15, -0.1) is 0 Å². The van der Waals surface area contributed by atoms with Crippen LogP contribution in [0.3, 0.4) is 0 Å². The number of fused-ring (bicyclic) bond motifs is 1. The highest BCUT2D eigenvalue weighted by Crippen LogP contribution is 2.28. The van der Waals surface area contributed by atoms with Gasteiger partial charge in [-0.2, -0.15) is 5.26 Å². The fraction of sp³-hybridized carbons (Fsp3) is 0.533. The molecule has 0 amide bonds. The summed E-state index contributed by atoms with van der Waals surface area (Å²) in [5.74, 6) is 0. The molecule has 2 unspecified atom stereocenters. The van der Waals surface area contributed by atoms with Crippen molar-refractivity contribution in [3.05, 3.63) is 35.4 Å². The maximum atomic E-state index is 9.50. The third-order valence-electron chi connectivity index (χ3n) is 3.78. The first-order valence-electron chi connectivity index (χ1n) is 6.45. The molecule has 0 heterocycles. The molecule has 2 rings (SSSR count). The van der Waals surface area contributed by atoms with E-state index in [9.17, 15) is 5.26 Å². The first-order valence-corrected chi connectivity index (χ1v) is 6.45. The lowest BCUT2D eigenvalue weighted by molar-refractivity contribution is 0.324. The van der Waals surface area contributed by atoms with E-state index in [0.717, 1.165) is 25.7 Å². The molecule has 2 heteroatoms. The van der Waals surface area contributed by atoms with Gasteiger partial charge in [0.1, 0.15) is 5.54 Å². The Labute approximate surface area is 104 Å². The van der Waals surface area contributed by atoms with Gasteiger partial charge in [0.25, 0.3) is 0 Å². The molecule has 0 aliphatic heterocycles. The quantitative estimate of drug-likeness (QED) is 0.863. The van der Waals surface area contributed by atoms with Crippen molar-refractivity contribution in [2.75, 3.05) is 0 Å². The normalized spacial score (nSPS) is 24.8. The minimum absolute atomic E-state index is 0.357. The Bertz CT molecular complexity index is 433. The van der Waals surface area contributed by atoms with Crippen LogP contribution in [0.15, 0.2) is 24.3 Å². The van der Waals surface area contributed by atoms with E-state index in [0.29, 0.717) is 6.04 Å².